The Morgan fingerprint density at radius 1 is 1.04 bits per heavy atom. The van der Waals surface area contributed by atoms with Gasteiger partial charge in [-0.2, -0.15) is 0 Å². The minimum Gasteiger partial charge on any atom is -0.467 e. The van der Waals surface area contributed by atoms with Crippen LogP contribution in [-0.4, -0.2) is 5.91 Å². The lowest BCUT2D eigenvalue weighted by molar-refractivity contribution is 0.0938. The number of furan rings is 2. The van der Waals surface area contributed by atoms with Crippen molar-refractivity contribution in [1.82, 2.24) is 5.32 Å². The quantitative estimate of drug-likeness (QED) is 0.572. The van der Waals surface area contributed by atoms with E-state index in [1.807, 2.05) is 60.7 Å². The Morgan fingerprint density at radius 2 is 1.81 bits per heavy atom. The Balaban J connectivity index is 1.70. The summed E-state index contributed by atoms with van der Waals surface area (Å²) < 4.78 is 11.3. The van der Waals surface area contributed by atoms with Gasteiger partial charge in [0.05, 0.1) is 12.1 Å². The van der Waals surface area contributed by atoms with E-state index < -0.39 is 6.04 Å². The predicted octanol–water partition coefficient (Wildman–Crippen LogP) is 4.00. The molecule has 0 saturated heterocycles. The standard InChI is InChI=1S/C21H18N2O3/c22-12-17-10-16(13-25-17)21(24)23-20(14-6-2-1-3-7-14)19-11-15-8-4-5-9-18(15)26-19/h1-11,13,20H,12,22H2,(H,23,24)/t20-/m1/s1. The van der Waals surface area contributed by atoms with Gasteiger partial charge in [0.15, 0.2) is 0 Å². The maximum atomic E-state index is 12.7. The second kappa shape index (κ2) is 6.90. The molecule has 0 aliphatic carbocycles. The van der Waals surface area contributed by atoms with Crippen molar-refractivity contribution in [3.05, 3.63) is 95.6 Å². The molecule has 0 radical (unpaired) electrons. The summed E-state index contributed by atoms with van der Waals surface area (Å²) in [6.45, 7) is 0.249. The summed E-state index contributed by atoms with van der Waals surface area (Å²) in [6, 6.07) is 20.7. The molecule has 0 saturated carbocycles. The number of nitrogens with one attached hydrogen (secondary N) is 1. The molecule has 0 spiro atoms. The largest absolute Gasteiger partial charge is 0.467 e. The van der Waals surface area contributed by atoms with Crippen LogP contribution in [0, 0.1) is 0 Å². The first-order valence-electron chi connectivity index (χ1n) is 8.36. The van der Waals surface area contributed by atoms with Gasteiger partial charge >= 0.3 is 0 Å². The van der Waals surface area contributed by atoms with Crippen LogP contribution in [0.25, 0.3) is 11.0 Å². The number of hydrogen-bond donors (Lipinski definition) is 2. The lowest BCUT2D eigenvalue weighted by Crippen LogP contribution is -2.28. The molecule has 0 unspecified atom stereocenters. The van der Waals surface area contributed by atoms with Crippen molar-refractivity contribution in [1.29, 1.82) is 0 Å². The molecule has 5 nitrogen and oxygen atoms in total. The third-order valence-corrected chi connectivity index (χ3v) is 4.25. The summed E-state index contributed by atoms with van der Waals surface area (Å²) in [5.41, 5.74) is 7.70. The number of rotatable bonds is 5. The minimum absolute atomic E-state index is 0.247. The first-order chi connectivity index (χ1) is 12.7. The van der Waals surface area contributed by atoms with Gasteiger partial charge in [0.1, 0.15) is 29.4 Å². The molecule has 0 aliphatic heterocycles. The number of amides is 1. The molecular formula is C21H18N2O3. The molecule has 2 aromatic carbocycles. The van der Waals surface area contributed by atoms with E-state index >= 15 is 0 Å². The van der Waals surface area contributed by atoms with Crippen molar-refractivity contribution in [2.75, 3.05) is 0 Å². The first-order valence-corrected chi connectivity index (χ1v) is 8.36. The average Bonchev–Trinajstić information content (AvgIpc) is 3.33. The van der Waals surface area contributed by atoms with E-state index in [2.05, 4.69) is 5.32 Å². The molecule has 1 atom stereocenters. The highest BCUT2D eigenvalue weighted by Gasteiger charge is 2.22. The van der Waals surface area contributed by atoms with E-state index in [1.165, 1.54) is 6.26 Å². The van der Waals surface area contributed by atoms with Crippen molar-refractivity contribution in [3.8, 4) is 0 Å². The van der Waals surface area contributed by atoms with Crippen LogP contribution in [0.3, 0.4) is 0 Å². The second-order valence-electron chi connectivity index (χ2n) is 6.01. The number of benzene rings is 2. The van der Waals surface area contributed by atoms with Crippen LogP contribution in [0.1, 0.15) is 33.5 Å². The monoisotopic (exact) mass is 346 g/mol. The minimum atomic E-state index is -0.410. The lowest BCUT2D eigenvalue weighted by Gasteiger charge is -2.16. The molecule has 130 valence electrons. The molecule has 5 heteroatoms. The molecule has 26 heavy (non-hydrogen) atoms. The lowest BCUT2D eigenvalue weighted by atomic mass is 10.0. The fourth-order valence-corrected chi connectivity index (χ4v) is 2.93. The summed E-state index contributed by atoms with van der Waals surface area (Å²) in [6.07, 6.45) is 1.41. The van der Waals surface area contributed by atoms with Crippen molar-refractivity contribution in [3.63, 3.8) is 0 Å². The number of carbonyl (C=O) groups is 1. The van der Waals surface area contributed by atoms with Gasteiger partial charge < -0.3 is 19.9 Å². The summed E-state index contributed by atoms with van der Waals surface area (Å²) >= 11 is 0. The zero-order chi connectivity index (χ0) is 17.9. The second-order valence-corrected chi connectivity index (χ2v) is 6.01. The first kappa shape index (κ1) is 16.2. The van der Waals surface area contributed by atoms with Gasteiger partial charge in [-0.3, -0.25) is 4.79 Å². The molecular weight excluding hydrogens is 328 g/mol. The highest BCUT2D eigenvalue weighted by Crippen LogP contribution is 2.28. The Labute approximate surface area is 150 Å². The van der Waals surface area contributed by atoms with Crippen LogP contribution in [0.2, 0.25) is 0 Å². The van der Waals surface area contributed by atoms with Crippen molar-refractivity contribution in [2.24, 2.45) is 5.73 Å². The molecule has 2 aromatic heterocycles. The van der Waals surface area contributed by atoms with Gasteiger partial charge in [-0.25, -0.2) is 0 Å². The molecule has 2 heterocycles. The summed E-state index contributed by atoms with van der Waals surface area (Å²) in [5.74, 6) is 0.992. The summed E-state index contributed by atoms with van der Waals surface area (Å²) in [5, 5.41) is 4.02. The zero-order valence-corrected chi connectivity index (χ0v) is 14.0. The van der Waals surface area contributed by atoms with Gasteiger partial charge in [-0.05, 0) is 23.8 Å². The summed E-state index contributed by atoms with van der Waals surface area (Å²) in [7, 11) is 0. The smallest absolute Gasteiger partial charge is 0.255 e. The number of fused-ring (bicyclic) bond motifs is 1. The fraction of sp³-hybridized carbons (Fsp3) is 0.0952. The zero-order valence-electron chi connectivity index (χ0n) is 14.0. The van der Waals surface area contributed by atoms with Gasteiger partial charge in [0.25, 0.3) is 5.91 Å². The Kier molecular flexibility index (Phi) is 4.29. The predicted molar refractivity (Wildman–Crippen MR) is 98.6 cm³/mol. The van der Waals surface area contributed by atoms with Crippen molar-refractivity contribution >= 4 is 16.9 Å². The van der Waals surface area contributed by atoms with Crippen LogP contribution in [0.15, 0.2) is 81.8 Å². The van der Waals surface area contributed by atoms with Gasteiger partial charge in [-0.1, -0.05) is 48.5 Å². The Bertz CT molecular complexity index is 1000. The summed E-state index contributed by atoms with van der Waals surface area (Å²) in [4.78, 5) is 12.7. The third kappa shape index (κ3) is 3.12. The van der Waals surface area contributed by atoms with E-state index in [4.69, 9.17) is 14.6 Å². The van der Waals surface area contributed by atoms with Crippen LogP contribution in [0.4, 0.5) is 0 Å². The van der Waals surface area contributed by atoms with Crippen LogP contribution in [0.5, 0.6) is 0 Å². The van der Waals surface area contributed by atoms with E-state index in [0.29, 0.717) is 17.1 Å². The maximum Gasteiger partial charge on any atom is 0.255 e. The maximum absolute atomic E-state index is 12.7. The fourth-order valence-electron chi connectivity index (χ4n) is 2.93. The SMILES string of the molecule is NCc1cc(C(=O)N[C@H](c2ccccc2)c2cc3ccccc3o2)co1. The molecule has 3 N–H and O–H groups in total. The number of para-hydroxylation sites is 1. The normalized spacial score (nSPS) is 12.2. The number of hydrogen-bond acceptors (Lipinski definition) is 4. The van der Waals surface area contributed by atoms with E-state index in [0.717, 1.165) is 16.5 Å². The molecule has 0 aliphatic rings. The molecule has 4 aromatic rings. The molecule has 4 rings (SSSR count). The molecule has 1 amide bonds. The van der Waals surface area contributed by atoms with Gasteiger partial charge in [-0.15, -0.1) is 0 Å². The van der Waals surface area contributed by atoms with Gasteiger partial charge in [0.2, 0.25) is 0 Å². The molecule has 0 bridgehead atoms. The van der Waals surface area contributed by atoms with E-state index in [-0.39, 0.29) is 12.5 Å². The highest BCUT2D eigenvalue weighted by atomic mass is 16.3. The van der Waals surface area contributed by atoms with Crippen molar-refractivity contribution < 1.29 is 13.6 Å². The van der Waals surface area contributed by atoms with E-state index in [9.17, 15) is 4.79 Å². The Morgan fingerprint density at radius 3 is 2.54 bits per heavy atom. The van der Waals surface area contributed by atoms with Crippen LogP contribution in [-0.2, 0) is 6.54 Å². The number of nitrogens with two attached hydrogens (primary N) is 1. The third-order valence-electron chi connectivity index (χ3n) is 4.25. The van der Waals surface area contributed by atoms with Crippen LogP contribution >= 0.6 is 0 Å². The van der Waals surface area contributed by atoms with Gasteiger partial charge in [0, 0.05) is 5.39 Å². The average molecular weight is 346 g/mol. The van der Waals surface area contributed by atoms with Crippen LogP contribution < -0.4 is 11.1 Å². The topological polar surface area (TPSA) is 81.4 Å². The number of carbonyl (C=O) groups excluding carboxylic acids is 1. The van der Waals surface area contributed by atoms with E-state index in [1.54, 1.807) is 6.07 Å². The highest BCUT2D eigenvalue weighted by molar-refractivity contribution is 5.94. The van der Waals surface area contributed by atoms with Crippen molar-refractivity contribution in [2.45, 2.75) is 12.6 Å². The Hall–Kier alpha value is -3.31. The molecule has 0 fully saturated rings.